The van der Waals surface area contributed by atoms with Crippen LogP contribution in [0.3, 0.4) is 0 Å². The molecule has 3 rings (SSSR count). The summed E-state index contributed by atoms with van der Waals surface area (Å²) in [6, 6.07) is -0.874. The number of imide groups is 1. The maximum Gasteiger partial charge on any atom is 0.318 e. The van der Waals surface area contributed by atoms with Gasteiger partial charge in [-0.2, -0.15) is 0 Å². The smallest absolute Gasteiger partial charge is 0.318 e. The second-order valence-electron chi connectivity index (χ2n) is 8.09. The number of nitrogens with one attached hydrogen (secondary N) is 1. The number of primary amides is 1. The van der Waals surface area contributed by atoms with E-state index in [1.807, 2.05) is 13.8 Å². The van der Waals surface area contributed by atoms with Gasteiger partial charge in [0, 0.05) is 11.4 Å². The Morgan fingerprint density at radius 2 is 2.03 bits per heavy atom. The topological polar surface area (TPSA) is 107 Å². The zero-order valence-electron chi connectivity index (χ0n) is 17.8. The monoisotopic (exact) mass is 450 g/mol. The van der Waals surface area contributed by atoms with E-state index in [2.05, 4.69) is 12.2 Å². The molecule has 0 aliphatic heterocycles. The number of carbonyl (C=O) groups excluding carboxylic acids is 2. The molecule has 164 valence electrons. The van der Waals surface area contributed by atoms with Gasteiger partial charge >= 0.3 is 6.03 Å². The molecule has 0 fully saturated rings. The van der Waals surface area contributed by atoms with Gasteiger partial charge in [-0.1, -0.05) is 51.8 Å². The molecule has 0 radical (unpaired) electrons. The first-order valence-electron chi connectivity index (χ1n) is 10.7. The molecule has 1 aliphatic carbocycles. The Morgan fingerprint density at radius 1 is 1.27 bits per heavy atom. The number of urea groups is 1. The third kappa shape index (κ3) is 4.88. The standard InChI is InChI=1S/C21H30N4O3S2/c1-4-5-6-7-11-25-19(27)15-13-9-8-10-14(13)29-18(15)24-21(25)30-16(12(2)3)17(26)23-20(22)28/h12,16H,4-11H2,1-3H3,(H3,22,23,26,28). The van der Waals surface area contributed by atoms with Crippen molar-refractivity contribution < 1.29 is 9.59 Å². The molecule has 30 heavy (non-hydrogen) atoms. The van der Waals surface area contributed by atoms with Crippen LogP contribution in [0.4, 0.5) is 4.79 Å². The summed E-state index contributed by atoms with van der Waals surface area (Å²) in [6.07, 6.45) is 7.20. The third-order valence-corrected chi connectivity index (χ3v) is 8.09. The van der Waals surface area contributed by atoms with Gasteiger partial charge in [0.2, 0.25) is 5.91 Å². The van der Waals surface area contributed by atoms with Crippen LogP contribution in [0.5, 0.6) is 0 Å². The lowest BCUT2D eigenvalue weighted by Gasteiger charge is -2.20. The van der Waals surface area contributed by atoms with E-state index in [9.17, 15) is 14.4 Å². The second kappa shape index (κ2) is 9.96. The largest absolute Gasteiger partial charge is 0.351 e. The molecule has 2 aromatic heterocycles. The molecule has 0 bridgehead atoms. The highest BCUT2D eigenvalue weighted by atomic mass is 32.2. The summed E-state index contributed by atoms with van der Waals surface area (Å²) in [4.78, 5) is 44.0. The highest BCUT2D eigenvalue weighted by Crippen LogP contribution is 2.36. The molecule has 3 N–H and O–H groups in total. The van der Waals surface area contributed by atoms with Crippen LogP contribution in [-0.2, 0) is 24.2 Å². The van der Waals surface area contributed by atoms with Crippen LogP contribution in [0, 0.1) is 5.92 Å². The summed E-state index contributed by atoms with van der Waals surface area (Å²) in [6.45, 7) is 6.54. The van der Waals surface area contributed by atoms with Crippen LogP contribution in [0.25, 0.3) is 10.2 Å². The minimum Gasteiger partial charge on any atom is -0.351 e. The van der Waals surface area contributed by atoms with E-state index >= 15 is 0 Å². The average Bonchev–Trinajstić information content (AvgIpc) is 3.24. The Balaban J connectivity index is 2.01. The number of rotatable bonds is 9. The number of hydrogen-bond donors (Lipinski definition) is 2. The molecule has 7 nitrogen and oxygen atoms in total. The van der Waals surface area contributed by atoms with E-state index in [0.29, 0.717) is 11.7 Å². The quantitative estimate of drug-likeness (QED) is 0.343. The van der Waals surface area contributed by atoms with E-state index in [1.54, 1.807) is 15.9 Å². The number of fused-ring (bicyclic) bond motifs is 3. The number of thioether (sulfide) groups is 1. The molecular formula is C21H30N4O3S2. The van der Waals surface area contributed by atoms with Gasteiger partial charge in [-0.05, 0) is 37.2 Å². The first kappa shape index (κ1) is 22.8. The Bertz CT molecular complexity index is 996. The number of nitrogens with zero attached hydrogens (tertiary/aromatic N) is 2. The van der Waals surface area contributed by atoms with Crippen LogP contribution in [0.1, 0.15) is 63.3 Å². The first-order chi connectivity index (χ1) is 14.3. The molecule has 0 saturated heterocycles. The van der Waals surface area contributed by atoms with Crippen LogP contribution < -0.4 is 16.6 Å². The average molecular weight is 451 g/mol. The Labute approximate surface area is 184 Å². The molecule has 0 aromatic carbocycles. The van der Waals surface area contributed by atoms with Crippen molar-refractivity contribution in [3.8, 4) is 0 Å². The van der Waals surface area contributed by atoms with Crippen LogP contribution in [0.15, 0.2) is 9.95 Å². The van der Waals surface area contributed by atoms with Crippen molar-refractivity contribution in [2.45, 2.75) is 82.7 Å². The van der Waals surface area contributed by atoms with Gasteiger partial charge in [-0.15, -0.1) is 11.3 Å². The van der Waals surface area contributed by atoms with Crippen LogP contribution in [-0.4, -0.2) is 26.7 Å². The van der Waals surface area contributed by atoms with Gasteiger partial charge in [0.1, 0.15) is 4.83 Å². The van der Waals surface area contributed by atoms with E-state index in [4.69, 9.17) is 10.7 Å². The van der Waals surface area contributed by atoms with Crippen molar-refractivity contribution in [2.24, 2.45) is 11.7 Å². The van der Waals surface area contributed by atoms with E-state index in [1.165, 1.54) is 22.2 Å². The zero-order chi connectivity index (χ0) is 21.8. The molecule has 0 spiro atoms. The molecule has 2 heterocycles. The normalized spacial score (nSPS) is 14.3. The number of hydrogen-bond acceptors (Lipinski definition) is 6. The van der Waals surface area contributed by atoms with Crippen molar-refractivity contribution in [1.82, 2.24) is 14.9 Å². The summed E-state index contributed by atoms with van der Waals surface area (Å²) in [5.41, 5.74) is 6.30. The van der Waals surface area contributed by atoms with Crippen molar-refractivity contribution in [1.29, 1.82) is 0 Å². The summed E-state index contributed by atoms with van der Waals surface area (Å²) in [5.74, 6) is -0.521. The predicted octanol–water partition coefficient (Wildman–Crippen LogP) is 3.84. The molecular weight excluding hydrogens is 420 g/mol. The summed E-state index contributed by atoms with van der Waals surface area (Å²) >= 11 is 2.84. The number of aromatic nitrogens is 2. The predicted molar refractivity (Wildman–Crippen MR) is 122 cm³/mol. The fourth-order valence-corrected chi connectivity index (χ4v) is 6.26. The van der Waals surface area contributed by atoms with Crippen molar-refractivity contribution in [3.05, 3.63) is 20.8 Å². The first-order valence-corrected chi connectivity index (χ1v) is 12.3. The molecule has 9 heteroatoms. The zero-order valence-corrected chi connectivity index (χ0v) is 19.5. The van der Waals surface area contributed by atoms with E-state index in [-0.39, 0.29) is 11.5 Å². The van der Waals surface area contributed by atoms with E-state index in [0.717, 1.165) is 55.2 Å². The summed E-state index contributed by atoms with van der Waals surface area (Å²) in [5, 5.41) is 2.90. The SMILES string of the molecule is CCCCCCn1c(SC(C(=O)NC(N)=O)C(C)C)nc2sc3c(c2c1=O)CCC3. The fourth-order valence-electron chi connectivity index (χ4n) is 3.84. The molecule has 3 amide bonds. The molecule has 1 unspecified atom stereocenters. The maximum absolute atomic E-state index is 13.5. The lowest BCUT2D eigenvalue weighted by molar-refractivity contribution is -0.120. The number of aryl methyl sites for hydroxylation is 2. The Hall–Kier alpha value is -1.87. The summed E-state index contributed by atoms with van der Waals surface area (Å²) in [7, 11) is 0. The van der Waals surface area contributed by atoms with Crippen LogP contribution >= 0.6 is 23.1 Å². The second-order valence-corrected chi connectivity index (χ2v) is 10.3. The highest BCUT2D eigenvalue weighted by molar-refractivity contribution is 8.00. The van der Waals surface area contributed by atoms with Gasteiger partial charge in [-0.3, -0.25) is 19.5 Å². The number of thiophene rings is 1. The number of unbranched alkanes of at least 4 members (excludes halogenated alkanes) is 3. The molecule has 0 saturated carbocycles. The van der Waals surface area contributed by atoms with Gasteiger partial charge in [-0.25, -0.2) is 9.78 Å². The number of amides is 3. The minimum absolute atomic E-state index is 0.00351. The van der Waals surface area contributed by atoms with E-state index < -0.39 is 17.2 Å². The molecule has 1 atom stereocenters. The lowest BCUT2D eigenvalue weighted by atomic mass is 10.1. The van der Waals surface area contributed by atoms with Gasteiger partial charge in [0.05, 0.1) is 10.6 Å². The van der Waals surface area contributed by atoms with Gasteiger partial charge < -0.3 is 5.73 Å². The molecule has 1 aliphatic rings. The fraction of sp³-hybridized carbons (Fsp3) is 0.619. The Kier molecular flexibility index (Phi) is 7.57. The number of carbonyl (C=O) groups is 2. The maximum atomic E-state index is 13.5. The third-order valence-electron chi connectivity index (χ3n) is 5.37. The van der Waals surface area contributed by atoms with Crippen molar-refractivity contribution in [3.63, 3.8) is 0 Å². The molecule has 2 aromatic rings. The highest BCUT2D eigenvalue weighted by Gasteiger charge is 2.29. The summed E-state index contributed by atoms with van der Waals surface area (Å²) < 4.78 is 1.74. The van der Waals surface area contributed by atoms with Crippen LogP contribution in [0.2, 0.25) is 0 Å². The van der Waals surface area contributed by atoms with Gasteiger partial charge in [0.25, 0.3) is 5.56 Å². The van der Waals surface area contributed by atoms with Gasteiger partial charge in [0.15, 0.2) is 5.16 Å². The number of nitrogens with two attached hydrogens (primary N) is 1. The van der Waals surface area contributed by atoms with Crippen molar-refractivity contribution in [2.75, 3.05) is 0 Å². The van der Waals surface area contributed by atoms with Crippen molar-refractivity contribution >= 4 is 45.3 Å². The minimum atomic E-state index is -0.874. The Morgan fingerprint density at radius 3 is 2.70 bits per heavy atom. The lowest BCUT2D eigenvalue weighted by Crippen LogP contribution is -2.42.